The van der Waals surface area contributed by atoms with Crippen LogP contribution in [0.2, 0.25) is 0 Å². The molecule has 0 unspecified atom stereocenters. The first kappa shape index (κ1) is 14.8. The maximum absolute atomic E-state index is 12.5. The van der Waals surface area contributed by atoms with E-state index < -0.39 is 11.9 Å². The fourth-order valence-corrected chi connectivity index (χ4v) is 3.21. The predicted octanol–water partition coefficient (Wildman–Crippen LogP) is 4.17. The van der Waals surface area contributed by atoms with E-state index in [0.717, 1.165) is 31.7 Å². The van der Waals surface area contributed by atoms with Crippen LogP contribution in [0.25, 0.3) is 0 Å². The number of halogens is 3. The van der Waals surface area contributed by atoms with Crippen LogP contribution in [-0.4, -0.2) is 15.5 Å². The highest BCUT2D eigenvalue weighted by atomic mass is 32.1. The van der Waals surface area contributed by atoms with Crippen molar-refractivity contribution in [2.75, 3.05) is 5.75 Å². The number of thiol groups is 1. The second kappa shape index (κ2) is 5.77. The number of hydrogen-bond donors (Lipinski definition) is 1. The van der Waals surface area contributed by atoms with Crippen LogP contribution < -0.4 is 0 Å². The van der Waals surface area contributed by atoms with E-state index in [1.165, 1.54) is 23.7 Å². The minimum absolute atomic E-state index is 0.00546. The number of aromatic nitrogens is 2. The van der Waals surface area contributed by atoms with Crippen molar-refractivity contribution in [1.29, 1.82) is 0 Å². The van der Waals surface area contributed by atoms with Gasteiger partial charge in [0.25, 0.3) is 0 Å². The summed E-state index contributed by atoms with van der Waals surface area (Å²) in [5, 5.41) is 3.66. The molecule has 1 aliphatic carbocycles. The summed E-state index contributed by atoms with van der Waals surface area (Å²) in [6.45, 7) is 0.534. The van der Waals surface area contributed by atoms with Crippen LogP contribution in [0, 0.1) is 5.41 Å². The second-order valence-corrected chi connectivity index (χ2v) is 5.78. The normalized spacial score (nSPS) is 20.2. The molecule has 0 atom stereocenters. The lowest BCUT2D eigenvalue weighted by Crippen LogP contribution is -2.29. The van der Waals surface area contributed by atoms with Crippen LogP contribution >= 0.6 is 12.6 Å². The van der Waals surface area contributed by atoms with Crippen LogP contribution in [0.1, 0.15) is 44.2 Å². The molecule has 0 spiro atoms. The molecule has 1 aliphatic rings. The summed E-state index contributed by atoms with van der Waals surface area (Å²) >= 11 is 4.43. The monoisotopic (exact) mass is 292 g/mol. The molecule has 1 aromatic rings. The van der Waals surface area contributed by atoms with Crippen molar-refractivity contribution in [3.8, 4) is 0 Å². The molecule has 0 saturated heterocycles. The first-order valence-electron chi connectivity index (χ1n) is 6.67. The van der Waals surface area contributed by atoms with Gasteiger partial charge in [-0.05, 0) is 30.1 Å². The molecule has 0 bridgehead atoms. The van der Waals surface area contributed by atoms with Crippen molar-refractivity contribution in [2.24, 2.45) is 5.41 Å². The summed E-state index contributed by atoms with van der Waals surface area (Å²) in [6, 6.07) is 1.04. The third-order valence-corrected chi connectivity index (χ3v) is 4.60. The Morgan fingerprint density at radius 2 is 1.84 bits per heavy atom. The largest absolute Gasteiger partial charge is 0.435 e. The summed E-state index contributed by atoms with van der Waals surface area (Å²) in [7, 11) is 0. The van der Waals surface area contributed by atoms with E-state index in [4.69, 9.17) is 0 Å². The van der Waals surface area contributed by atoms with Crippen LogP contribution in [0.5, 0.6) is 0 Å². The molecule has 2 nitrogen and oxygen atoms in total. The Morgan fingerprint density at radius 3 is 2.32 bits per heavy atom. The summed E-state index contributed by atoms with van der Waals surface area (Å²) in [4.78, 5) is 0. The number of nitrogens with zero attached hydrogens (tertiary/aromatic N) is 2. The minimum atomic E-state index is -4.36. The van der Waals surface area contributed by atoms with Gasteiger partial charge >= 0.3 is 6.18 Å². The Bertz CT molecular complexity index is 406. The summed E-state index contributed by atoms with van der Waals surface area (Å²) < 4.78 is 39.0. The fourth-order valence-electron chi connectivity index (χ4n) is 2.79. The Kier molecular flexibility index (Phi) is 4.48. The highest BCUT2D eigenvalue weighted by molar-refractivity contribution is 7.80. The van der Waals surface area contributed by atoms with Crippen molar-refractivity contribution in [3.05, 3.63) is 18.0 Å². The highest BCUT2D eigenvalue weighted by Gasteiger charge is 2.35. The number of rotatable bonds is 3. The molecule has 1 saturated carbocycles. The van der Waals surface area contributed by atoms with Gasteiger partial charge in [0.2, 0.25) is 0 Å². The van der Waals surface area contributed by atoms with E-state index in [1.807, 2.05) is 0 Å². The standard InChI is InChI=1S/C13H19F3N2S/c14-13(15,16)11-5-8-18(17-11)9-12(10-19)6-3-1-2-4-7-12/h5,8,19H,1-4,6-7,9-10H2. The molecule has 0 aromatic carbocycles. The van der Waals surface area contributed by atoms with Gasteiger partial charge in [-0.1, -0.05) is 25.7 Å². The van der Waals surface area contributed by atoms with Gasteiger partial charge < -0.3 is 0 Å². The van der Waals surface area contributed by atoms with Crippen molar-refractivity contribution < 1.29 is 13.2 Å². The van der Waals surface area contributed by atoms with E-state index in [0.29, 0.717) is 12.3 Å². The third kappa shape index (κ3) is 3.68. The average Bonchev–Trinajstić information content (AvgIpc) is 2.69. The molecule has 0 N–H and O–H groups in total. The van der Waals surface area contributed by atoms with E-state index in [9.17, 15) is 13.2 Å². The van der Waals surface area contributed by atoms with Crippen molar-refractivity contribution in [2.45, 2.75) is 51.2 Å². The summed E-state index contributed by atoms with van der Waals surface area (Å²) in [5.41, 5.74) is -0.815. The predicted molar refractivity (Wildman–Crippen MR) is 71.2 cm³/mol. The van der Waals surface area contributed by atoms with Gasteiger partial charge in [-0.15, -0.1) is 0 Å². The Morgan fingerprint density at radius 1 is 1.21 bits per heavy atom. The molecule has 108 valence electrons. The topological polar surface area (TPSA) is 17.8 Å². The molecule has 2 rings (SSSR count). The van der Waals surface area contributed by atoms with Crippen LogP contribution in [0.15, 0.2) is 12.3 Å². The molecule has 1 fully saturated rings. The third-order valence-electron chi connectivity index (χ3n) is 3.93. The molecule has 6 heteroatoms. The quantitative estimate of drug-likeness (QED) is 0.654. The zero-order chi connectivity index (χ0) is 13.9. The number of alkyl halides is 3. The Balaban J connectivity index is 2.11. The SMILES string of the molecule is FC(F)(F)c1ccn(CC2(CS)CCCCCC2)n1. The van der Waals surface area contributed by atoms with Gasteiger partial charge in [-0.25, -0.2) is 0 Å². The van der Waals surface area contributed by atoms with Crippen molar-refractivity contribution in [1.82, 2.24) is 9.78 Å². The van der Waals surface area contributed by atoms with E-state index in [2.05, 4.69) is 17.7 Å². The number of hydrogen-bond acceptors (Lipinski definition) is 2. The maximum atomic E-state index is 12.5. The lowest BCUT2D eigenvalue weighted by atomic mass is 9.82. The van der Waals surface area contributed by atoms with Crippen molar-refractivity contribution in [3.63, 3.8) is 0 Å². The van der Waals surface area contributed by atoms with Crippen LogP contribution in [0.4, 0.5) is 13.2 Å². The van der Waals surface area contributed by atoms with E-state index >= 15 is 0 Å². The minimum Gasteiger partial charge on any atom is -0.272 e. The highest BCUT2D eigenvalue weighted by Crippen LogP contribution is 2.38. The van der Waals surface area contributed by atoms with E-state index in [-0.39, 0.29) is 5.41 Å². The zero-order valence-electron chi connectivity index (χ0n) is 10.8. The lowest BCUT2D eigenvalue weighted by molar-refractivity contribution is -0.141. The molecule has 0 radical (unpaired) electrons. The van der Waals surface area contributed by atoms with Gasteiger partial charge in [0.05, 0.1) is 0 Å². The Labute approximate surface area is 116 Å². The molecule has 0 aliphatic heterocycles. The molecular weight excluding hydrogens is 273 g/mol. The average molecular weight is 292 g/mol. The van der Waals surface area contributed by atoms with Gasteiger partial charge in [0.1, 0.15) is 0 Å². The molecule has 1 aromatic heterocycles. The second-order valence-electron chi connectivity index (χ2n) is 5.47. The van der Waals surface area contributed by atoms with Crippen LogP contribution in [0.3, 0.4) is 0 Å². The van der Waals surface area contributed by atoms with Gasteiger partial charge in [0.15, 0.2) is 5.69 Å². The lowest BCUT2D eigenvalue weighted by Gasteiger charge is -2.31. The van der Waals surface area contributed by atoms with E-state index in [1.54, 1.807) is 0 Å². The molecule has 1 heterocycles. The summed E-state index contributed by atoms with van der Waals surface area (Å²) in [5.74, 6) is 0.703. The van der Waals surface area contributed by atoms with Crippen molar-refractivity contribution >= 4 is 12.6 Å². The van der Waals surface area contributed by atoms with Crippen LogP contribution in [-0.2, 0) is 12.7 Å². The first-order valence-corrected chi connectivity index (χ1v) is 7.30. The smallest absolute Gasteiger partial charge is 0.272 e. The zero-order valence-corrected chi connectivity index (χ0v) is 11.7. The van der Waals surface area contributed by atoms with Gasteiger partial charge in [0, 0.05) is 12.7 Å². The molecule has 0 amide bonds. The van der Waals surface area contributed by atoms with Gasteiger partial charge in [-0.3, -0.25) is 4.68 Å². The van der Waals surface area contributed by atoms with Gasteiger partial charge in [-0.2, -0.15) is 30.9 Å². The Hall–Kier alpha value is -0.650. The maximum Gasteiger partial charge on any atom is 0.435 e. The summed E-state index contributed by atoms with van der Waals surface area (Å²) in [6.07, 6.45) is 3.81. The molecular formula is C13H19F3N2S. The fraction of sp³-hybridized carbons (Fsp3) is 0.769. The molecule has 19 heavy (non-hydrogen) atoms. The first-order chi connectivity index (χ1) is 8.95.